The van der Waals surface area contributed by atoms with E-state index in [-0.39, 0.29) is 12.0 Å². The molecule has 0 saturated heterocycles. The Hall–Kier alpha value is -2.22. The number of hydrogen-bond donors (Lipinski definition) is 0. The predicted molar refractivity (Wildman–Crippen MR) is 76.2 cm³/mol. The fourth-order valence-electron chi connectivity index (χ4n) is 1.66. The van der Waals surface area contributed by atoms with E-state index in [0.717, 1.165) is 4.88 Å². The highest BCUT2D eigenvalue weighted by Gasteiger charge is 2.23. The van der Waals surface area contributed by atoms with Gasteiger partial charge in [-0.15, -0.1) is 16.4 Å². The molecule has 0 unspecified atom stereocenters. The Balaban J connectivity index is 1.85. The lowest BCUT2D eigenvalue weighted by atomic mass is 9.97. The van der Waals surface area contributed by atoms with Crippen LogP contribution in [0.3, 0.4) is 0 Å². The van der Waals surface area contributed by atoms with Crippen LogP contribution in [-0.4, -0.2) is 19.9 Å². The first-order valence-electron chi connectivity index (χ1n) is 6.38. The Morgan fingerprint density at radius 2 is 2.19 bits per heavy atom. The summed E-state index contributed by atoms with van der Waals surface area (Å²) in [6.45, 7) is 5.86. The standard InChI is InChI=1S/C13H14N4O3S/c1-13(2,3)11-15-17(12(18)19-11)7-9-14-10(16-20-9)8-5-4-6-21-8/h4-6H,7H2,1-3H3. The lowest BCUT2D eigenvalue weighted by Crippen LogP contribution is -2.17. The minimum absolute atomic E-state index is 0.0940. The van der Waals surface area contributed by atoms with E-state index in [4.69, 9.17) is 8.94 Å². The van der Waals surface area contributed by atoms with Crippen LogP contribution < -0.4 is 5.76 Å². The van der Waals surface area contributed by atoms with Crippen molar-refractivity contribution >= 4 is 11.3 Å². The highest BCUT2D eigenvalue weighted by molar-refractivity contribution is 7.13. The van der Waals surface area contributed by atoms with Crippen LogP contribution in [0.1, 0.15) is 32.6 Å². The number of hydrogen-bond acceptors (Lipinski definition) is 7. The molecule has 0 N–H and O–H groups in total. The molecule has 7 nitrogen and oxygen atoms in total. The van der Waals surface area contributed by atoms with Gasteiger partial charge in [0.1, 0.15) is 6.54 Å². The quantitative estimate of drug-likeness (QED) is 0.738. The summed E-state index contributed by atoms with van der Waals surface area (Å²) in [7, 11) is 0. The number of rotatable bonds is 3. The van der Waals surface area contributed by atoms with Crippen molar-refractivity contribution in [3.05, 3.63) is 39.8 Å². The Kier molecular flexibility index (Phi) is 3.25. The van der Waals surface area contributed by atoms with Crippen LogP contribution in [0.4, 0.5) is 0 Å². The zero-order valence-electron chi connectivity index (χ0n) is 11.9. The zero-order chi connectivity index (χ0) is 15.0. The first-order chi connectivity index (χ1) is 9.93. The minimum atomic E-state index is -0.532. The van der Waals surface area contributed by atoms with Crippen LogP contribution in [0.5, 0.6) is 0 Å². The first kappa shape index (κ1) is 13.7. The van der Waals surface area contributed by atoms with Gasteiger partial charge < -0.3 is 8.94 Å². The molecule has 0 aliphatic carbocycles. The zero-order valence-corrected chi connectivity index (χ0v) is 12.7. The van der Waals surface area contributed by atoms with Gasteiger partial charge in [0, 0.05) is 5.41 Å². The third kappa shape index (κ3) is 2.80. The van der Waals surface area contributed by atoms with E-state index in [1.807, 2.05) is 38.3 Å². The molecule has 0 radical (unpaired) electrons. The predicted octanol–water partition coefficient (Wildman–Crippen LogP) is 2.29. The van der Waals surface area contributed by atoms with Crippen molar-refractivity contribution in [3.8, 4) is 10.7 Å². The number of aromatic nitrogens is 4. The Morgan fingerprint density at radius 3 is 2.81 bits per heavy atom. The largest absolute Gasteiger partial charge is 0.437 e. The van der Waals surface area contributed by atoms with Gasteiger partial charge in [-0.3, -0.25) is 0 Å². The summed E-state index contributed by atoms with van der Waals surface area (Å²) in [4.78, 5) is 16.9. The summed E-state index contributed by atoms with van der Waals surface area (Å²) in [5.74, 6) is 0.670. The van der Waals surface area contributed by atoms with Gasteiger partial charge in [0.05, 0.1) is 4.88 Å². The smallest absolute Gasteiger partial charge is 0.392 e. The molecule has 0 bridgehead atoms. The molecule has 3 aromatic rings. The number of nitrogens with zero attached hydrogens (tertiary/aromatic N) is 4. The molecule has 0 aliphatic rings. The molecule has 0 spiro atoms. The van der Waals surface area contributed by atoms with E-state index in [1.165, 1.54) is 16.0 Å². The lowest BCUT2D eigenvalue weighted by molar-refractivity contribution is 0.357. The summed E-state index contributed by atoms with van der Waals surface area (Å²) in [6, 6.07) is 3.81. The van der Waals surface area contributed by atoms with Crippen molar-refractivity contribution in [1.29, 1.82) is 0 Å². The maximum absolute atomic E-state index is 11.8. The van der Waals surface area contributed by atoms with E-state index in [2.05, 4.69) is 15.2 Å². The Morgan fingerprint density at radius 1 is 1.38 bits per heavy atom. The van der Waals surface area contributed by atoms with Gasteiger partial charge in [0.2, 0.25) is 17.6 Å². The van der Waals surface area contributed by atoms with Crippen LogP contribution in [0.15, 0.2) is 31.2 Å². The highest BCUT2D eigenvalue weighted by atomic mass is 32.1. The first-order valence-corrected chi connectivity index (χ1v) is 7.26. The van der Waals surface area contributed by atoms with Gasteiger partial charge in [0.25, 0.3) is 0 Å². The van der Waals surface area contributed by atoms with Gasteiger partial charge in [-0.25, -0.2) is 4.79 Å². The second kappa shape index (κ2) is 4.96. The van der Waals surface area contributed by atoms with Crippen LogP contribution >= 0.6 is 11.3 Å². The normalized spacial score (nSPS) is 12.0. The molecule has 8 heteroatoms. The van der Waals surface area contributed by atoms with Gasteiger partial charge >= 0.3 is 5.76 Å². The van der Waals surface area contributed by atoms with Crippen LogP contribution in [-0.2, 0) is 12.0 Å². The Bertz CT molecular complexity index is 792. The Labute approximate surface area is 124 Å². The molecule has 0 amide bonds. The molecule has 3 heterocycles. The lowest BCUT2D eigenvalue weighted by Gasteiger charge is -2.10. The summed E-state index contributed by atoms with van der Waals surface area (Å²) < 4.78 is 11.5. The average molecular weight is 306 g/mol. The van der Waals surface area contributed by atoms with Crippen LogP contribution in [0, 0.1) is 0 Å². The maximum atomic E-state index is 11.8. The van der Waals surface area contributed by atoms with Crippen molar-refractivity contribution < 1.29 is 8.94 Å². The molecule has 21 heavy (non-hydrogen) atoms. The third-order valence-electron chi connectivity index (χ3n) is 2.74. The topological polar surface area (TPSA) is 87.0 Å². The fourth-order valence-corrected chi connectivity index (χ4v) is 2.31. The highest BCUT2D eigenvalue weighted by Crippen LogP contribution is 2.21. The number of thiophene rings is 1. The molecular formula is C13H14N4O3S. The van der Waals surface area contributed by atoms with Gasteiger partial charge in [-0.05, 0) is 11.4 Å². The maximum Gasteiger partial charge on any atom is 0.437 e. The summed E-state index contributed by atoms with van der Waals surface area (Å²) in [6.07, 6.45) is 0. The molecule has 3 rings (SSSR count). The second-order valence-corrected chi connectivity index (χ2v) is 6.52. The summed E-state index contributed by atoms with van der Waals surface area (Å²) >= 11 is 1.52. The van der Waals surface area contributed by atoms with E-state index in [9.17, 15) is 4.79 Å². The molecule has 3 aromatic heterocycles. The van der Waals surface area contributed by atoms with Crippen molar-refractivity contribution in [1.82, 2.24) is 19.9 Å². The minimum Gasteiger partial charge on any atom is -0.392 e. The summed E-state index contributed by atoms with van der Waals surface area (Å²) in [5, 5.41) is 9.98. The van der Waals surface area contributed by atoms with E-state index < -0.39 is 5.76 Å². The van der Waals surface area contributed by atoms with Crippen LogP contribution in [0.25, 0.3) is 10.7 Å². The van der Waals surface area contributed by atoms with Crippen LogP contribution in [0.2, 0.25) is 0 Å². The summed E-state index contributed by atoms with van der Waals surface area (Å²) in [5.41, 5.74) is -0.332. The van der Waals surface area contributed by atoms with Crippen molar-refractivity contribution in [3.63, 3.8) is 0 Å². The molecule has 0 atom stereocenters. The van der Waals surface area contributed by atoms with Crippen molar-refractivity contribution in [2.45, 2.75) is 32.7 Å². The molecular weight excluding hydrogens is 292 g/mol. The van der Waals surface area contributed by atoms with E-state index in [0.29, 0.717) is 17.6 Å². The molecule has 0 aromatic carbocycles. The van der Waals surface area contributed by atoms with Gasteiger partial charge in [0.15, 0.2) is 0 Å². The third-order valence-corrected chi connectivity index (χ3v) is 3.61. The van der Waals surface area contributed by atoms with Crippen molar-refractivity contribution in [2.24, 2.45) is 0 Å². The molecule has 0 saturated carbocycles. The molecule has 0 fully saturated rings. The van der Waals surface area contributed by atoms with E-state index in [1.54, 1.807) is 0 Å². The van der Waals surface area contributed by atoms with Gasteiger partial charge in [-0.2, -0.15) is 9.67 Å². The van der Waals surface area contributed by atoms with Gasteiger partial charge in [-0.1, -0.05) is 32.0 Å². The molecule has 110 valence electrons. The monoisotopic (exact) mass is 306 g/mol. The van der Waals surface area contributed by atoms with Crippen molar-refractivity contribution in [2.75, 3.05) is 0 Å². The fraction of sp³-hybridized carbons (Fsp3) is 0.385. The average Bonchev–Trinajstić information content (AvgIpc) is 3.10. The van der Waals surface area contributed by atoms with E-state index >= 15 is 0 Å². The SMILES string of the molecule is CC(C)(C)c1nn(Cc2nc(-c3cccs3)no2)c(=O)o1. The second-order valence-electron chi connectivity index (χ2n) is 5.57. The molecule has 0 aliphatic heterocycles.